The summed E-state index contributed by atoms with van der Waals surface area (Å²) in [7, 11) is -3.51. The normalized spacial score (nSPS) is 21.8. The first-order valence-corrected chi connectivity index (χ1v) is 7.91. The summed E-state index contributed by atoms with van der Waals surface area (Å²) in [6, 6.07) is 0. The van der Waals surface area contributed by atoms with E-state index in [1.165, 1.54) is 4.31 Å². The molecular weight excluding hydrogens is 254 g/mol. The SMILES string of the molecule is CCCNC(=O)CNS(=O)(=O)N1CCCC(C)C1. The fraction of sp³-hybridized carbons (Fsp3) is 0.909. The molecule has 7 heteroatoms. The standard InChI is InChI=1S/C11H23N3O3S/c1-3-6-12-11(15)8-13-18(16,17)14-7-4-5-10(2)9-14/h10,13H,3-9H2,1-2H3,(H,12,15). The van der Waals surface area contributed by atoms with E-state index in [0.717, 1.165) is 19.3 Å². The fourth-order valence-electron chi connectivity index (χ4n) is 1.94. The second-order valence-electron chi connectivity index (χ2n) is 4.78. The Morgan fingerprint density at radius 3 is 2.78 bits per heavy atom. The van der Waals surface area contributed by atoms with Gasteiger partial charge < -0.3 is 5.32 Å². The van der Waals surface area contributed by atoms with Crippen LogP contribution in [0.3, 0.4) is 0 Å². The lowest BCUT2D eigenvalue weighted by atomic mass is 10.0. The minimum atomic E-state index is -3.51. The second kappa shape index (κ2) is 7.06. The van der Waals surface area contributed by atoms with Crippen LogP contribution in [0.4, 0.5) is 0 Å². The number of nitrogens with zero attached hydrogens (tertiary/aromatic N) is 1. The van der Waals surface area contributed by atoms with Gasteiger partial charge in [0, 0.05) is 19.6 Å². The molecule has 0 aromatic carbocycles. The highest BCUT2D eigenvalue weighted by atomic mass is 32.2. The van der Waals surface area contributed by atoms with Crippen molar-refractivity contribution in [2.75, 3.05) is 26.2 Å². The highest BCUT2D eigenvalue weighted by Crippen LogP contribution is 2.17. The molecule has 1 fully saturated rings. The Bertz CT molecular complexity index is 370. The number of carbonyl (C=O) groups excluding carboxylic acids is 1. The monoisotopic (exact) mass is 277 g/mol. The van der Waals surface area contributed by atoms with Crippen molar-refractivity contribution in [3.8, 4) is 0 Å². The quantitative estimate of drug-likeness (QED) is 0.721. The predicted molar refractivity (Wildman–Crippen MR) is 70.2 cm³/mol. The van der Waals surface area contributed by atoms with Crippen LogP contribution in [0.2, 0.25) is 0 Å². The van der Waals surface area contributed by atoms with Gasteiger partial charge in [0.15, 0.2) is 0 Å². The molecule has 0 saturated carbocycles. The van der Waals surface area contributed by atoms with Crippen molar-refractivity contribution in [2.45, 2.75) is 33.1 Å². The van der Waals surface area contributed by atoms with E-state index in [4.69, 9.17) is 0 Å². The summed E-state index contributed by atoms with van der Waals surface area (Å²) in [4.78, 5) is 11.3. The van der Waals surface area contributed by atoms with Crippen LogP contribution in [0.5, 0.6) is 0 Å². The van der Waals surface area contributed by atoms with Crippen LogP contribution in [0.15, 0.2) is 0 Å². The van der Waals surface area contributed by atoms with Crippen LogP contribution in [0.25, 0.3) is 0 Å². The van der Waals surface area contributed by atoms with Crippen molar-refractivity contribution in [1.29, 1.82) is 0 Å². The first kappa shape index (κ1) is 15.4. The number of amides is 1. The van der Waals surface area contributed by atoms with Gasteiger partial charge in [-0.3, -0.25) is 4.79 Å². The van der Waals surface area contributed by atoms with E-state index in [1.807, 2.05) is 13.8 Å². The molecule has 0 aromatic heterocycles. The Morgan fingerprint density at radius 2 is 2.17 bits per heavy atom. The lowest BCUT2D eigenvalue weighted by Crippen LogP contribution is -2.48. The molecule has 106 valence electrons. The van der Waals surface area contributed by atoms with Gasteiger partial charge in [-0.2, -0.15) is 17.4 Å². The van der Waals surface area contributed by atoms with E-state index in [9.17, 15) is 13.2 Å². The Balaban J connectivity index is 2.41. The smallest absolute Gasteiger partial charge is 0.279 e. The predicted octanol–water partition coefficient (Wildman–Crippen LogP) is 0.0789. The summed E-state index contributed by atoms with van der Waals surface area (Å²) in [6.07, 6.45) is 2.77. The molecular formula is C11H23N3O3S. The van der Waals surface area contributed by atoms with Crippen molar-refractivity contribution >= 4 is 16.1 Å². The summed E-state index contributed by atoms with van der Waals surface area (Å²) in [6.45, 7) is 5.44. The number of hydrogen-bond acceptors (Lipinski definition) is 3. The molecule has 0 bridgehead atoms. The van der Waals surface area contributed by atoms with Crippen LogP contribution in [0.1, 0.15) is 33.1 Å². The molecule has 2 N–H and O–H groups in total. The summed E-state index contributed by atoms with van der Waals surface area (Å²) >= 11 is 0. The molecule has 1 aliphatic rings. The third-order valence-corrected chi connectivity index (χ3v) is 4.47. The minimum absolute atomic E-state index is 0.187. The fourth-order valence-corrected chi connectivity index (χ4v) is 3.26. The van der Waals surface area contributed by atoms with Gasteiger partial charge in [-0.05, 0) is 25.2 Å². The molecule has 6 nitrogen and oxygen atoms in total. The van der Waals surface area contributed by atoms with Crippen molar-refractivity contribution in [2.24, 2.45) is 5.92 Å². The summed E-state index contributed by atoms with van der Waals surface area (Å²) in [5, 5.41) is 2.63. The largest absolute Gasteiger partial charge is 0.355 e. The number of carbonyl (C=O) groups is 1. The highest BCUT2D eigenvalue weighted by Gasteiger charge is 2.26. The maximum atomic E-state index is 11.9. The molecule has 18 heavy (non-hydrogen) atoms. The van der Waals surface area contributed by atoms with E-state index >= 15 is 0 Å². The first-order chi connectivity index (χ1) is 8.45. The maximum Gasteiger partial charge on any atom is 0.279 e. The number of piperidine rings is 1. The summed E-state index contributed by atoms with van der Waals surface area (Å²) in [5.41, 5.74) is 0. The van der Waals surface area contributed by atoms with Crippen LogP contribution in [0, 0.1) is 5.92 Å². The topological polar surface area (TPSA) is 78.5 Å². The zero-order valence-corrected chi connectivity index (χ0v) is 11.9. The van der Waals surface area contributed by atoms with E-state index < -0.39 is 10.2 Å². The lowest BCUT2D eigenvalue weighted by Gasteiger charge is -2.29. The van der Waals surface area contributed by atoms with Crippen LogP contribution in [-0.2, 0) is 15.0 Å². The third-order valence-electron chi connectivity index (χ3n) is 2.95. The average molecular weight is 277 g/mol. The van der Waals surface area contributed by atoms with Gasteiger partial charge in [-0.25, -0.2) is 0 Å². The Labute approximate surface area is 109 Å². The summed E-state index contributed by atoms with van der Waals surface area (Å²) < 4.78 is 27.7. The first-order valence-electron chi connectivity index (χ1n) is 6.47. The molecule has 1 atom stereocenters. The number of hydrogen-bond donors (Lipinski definition) is 2. The highest BCUT2D eigenvalue weighted by molar-refractivity contribution is 7.87. The molecule has 1 unspecified atom stereocenters. The Morgan fingerprint density at radius 1 is 1.44 bits per heavy atom. The second-order valence-corrected chi connectivity index (χ2v) is 6.54. The molecule has 1 amide bonds. The van der Waals surface area contributed by atoms with Crippen molar-refractivity contribution < 1.29 is 13.2 Å². The number of nitrogens with one attached hydrogen (secondary N) is 2. The number of rotatable bonds is 6. The maximum absolute atomic E-state index is 11.9. The van der Waals surface area contributed by atoms with Crippen molar-refractivity contribution in [1.82, 2.24) is 14.3 Å². The van der Waals surface area contributed by atoms with Crippen molar-refractivity contribution in [3.63, 3.8) is 0 Å². The minimum Gasteiger partial charge on any atom is -0.355 e. The molecule has 1 rings (SSSR count). The Hall–Kier alpha value is -0.660. The molecule has 1 aliphatic heterocycles. The van der Waals surface area contributed by atoms with Crippen LogP contribution >= 0.6 is 0 Å². The third kappa shape index (κ3) is 4.91. The van der Waals surface area contributed by atoms with E-state index in [-0.39, 0.29) is 12.5 Å². The average Bonchev–Trinajstić information content (AvgIpc) is 2.34. The zero-order chi connectivity index (χ0) is 13.6. The van der Waals surface area contributed by atoms with Crippen LogP contribution in [-0.4, -0.2) is 44.8 Å². The summed E-state index contributed by atoms with van der Waals surface area (Å²) in [5.74, 6) is 0.0923. The molecule has 1 heterocycles. The van der Waals surface area contributed by atoms with Gasteiger partial charge in [0.2, 0.25) is 5.91 Å². The lowest BCUT2D eigenvalue weighted by molar-refractivity contribution is -0.119. The molecule has 0 aromatic rings. The van der Waals surface area contributed by atoms with Gasteiger partial charge in [0.05, 0.1) is 6.54 Å². The molecule has 0 aliphatic carbocycles. The van der Waals surface area contributed by atoms with Crippen molar-refractivity contribution in [3.05, 3.63) is 0 Å². The molecule has 0 spiro atoms. The van der Waals surface area contributed by atoms with Gasteiger partial charge >= 0.3 is 0 Å². The van der Waals surface area contributed by atoms with Crippen LogP contribution < -0.4 is 10.0 Å². The van der Waals surface area contributed by atoms with Gasteiger partial charge in [-0.15, -0.1) is 0 Å². The van der Waals surface area contributed by atoms with Gasteiger partial charge in [0.25, 0.3) is 10.2 Å². The van der Waals surface area contributed by atoms with E-state index in [1.54, 1.807) is 0 Å². The molecule has 1 saturated heterocycles. The van der Waals surface area contributed by atoms with Gasteiger partial charge in [0.1, 0.15) is 0 Å². The van der Waals surface area contributed by atoms with Gasteiger partial charge in [-0.1, -0.05) is 13.8 Å². The Kier molecular flexibility index (Phi) is 6.04. The zero-order valence-electron chi connectivity index (χ0n) is 11.1. The van der Waals surface area contributed by atoms with E-state index in [0.29, 0.717) is 25.6 Å². The molecule has 0 radical (unpaired) electrons. The van der Waals surface area contributed by atoms with E-state index in [2.05, 4.69) is 10.0 Å².